The van der Waals surface area contributed by atoms with E-state index < -0.39 is 23.3 Å². The van der Waals surface area contributed by atoms with Gasteiger partial charge in [-0.15, -0.1) is 0 Å². The van der Waals surface area contributed by atoms with Crippen LogP contribution in [0.2, 0.25) is 5.02 Å². The highest BCUT2D eigenvalue weighted by Crippen LogP contribution is 2.59. The minimum Gasteiger partial charge on any atom is -0.428 e. The Balaban J connectivity index is 2.94. The van der Waals surface area contributed by atoms with E-state index in [0.717, 1.165) is 19.8 Å². The first-order chi connectivity index (χ1) is 10.5. The lowest BCUT2D eigenvalue weighted by Crippen LogP contribution is -2.34. The number of benzene rings is 1. The molecule has 0 heterocycles. The monoisotopic (exact) mass is 423 g/mol. The predicted molar refractivity (Wildman–Crippen MR) is 92.0 cm³/mol. The van der Waals surface area contributed by atoms with Crippen molar-refractivity contribution in [1.29, 1.82) is 0 Å². The lowest BCUT2D eigenvalue weighted by atomic mass is 10.2. The highest BCUT2D eigenvalue weighted by atomic mass is 35.6. The molecular formula is C12H14Cl4NO5P. The van der Waals surface area contributed by atoms with Gasteiger partial charge in [-0.3, -0.25) is 9.88 Å². The van der Waals surface area contributed by atoms with Gasteiger partial charge in [-0.2, -0.15) is 0 Å². The average molecular weight is 425 g/mol. The number of amides is 1. The van der Waals surface area contributed by atoms with E-state index in [1.165, 1.54) is 6.07 Å². The molecule has 1 amide bonds. The minimum atomic E-state index is -3.99. The molecule has 0 fully saturated rings. The number of alkyl halides is 3. The van der Waals surface area contributed by atoms with Crippen molar-refractivity contribution >= 4 is 65.8 Å². The van der Waals surface area contributed by atoms with Gasteiger partial charge in [0.05, 0.1) is 0 Å². The summed E-state index contributed by atoms with van der Waals surface area (Å²) >= 11 is 23.1. The molecule has 1 rings (SSSR count). The zero-order valence-corrected chi connectivity index (χ0v) is 16.2. The summed E-state index contributed by atoms with van der Waals surface area (Å²) < 4.78 is 24.5. The quantitative estimate of drug-likeness (QED) is 0.507. The molecule has 0 aromatic heterocycles. The Morgan fingerprint density at radius 1 is 1.26 bits per heavy atom. The van der Waals surface area contributed by atoms with E-state index in [1.807, 2.05) is 0 Å². The van der Waals surface area contributed by atoms with Crippen molar-refractivity contribution in [2.45, 2.75) is 16.6 Å². The highest BCUT2D eigenvalue weighted by Gasteiger charge is 2.51. The predicted octanol–water partition coefficient (Wildman–Crippen LogP) is 5.38. The number of hydrogen-bond donors (Lipinski definition) is 1. The first-order valence-corrected chi connectivity index (χ1v) is 9.17. The van der Waals surface area contributed by atoms with Crippen LogP contribution in [0.15, 0.2) is 18.2 Å². The molecule has 0 bridgehead atoms. The number of aryl methyl sites for hydroxylation is 1. The maximum Gasteiger partial charge on any atom is 0.412 e. The van der Waals surface area contributed by atoms with E-state index >= 15 is 0 Å². The largest absolute Gasteiger partial charge is 0.428 e. The van der Waals surface area contributed by atoms with Gasteiger partial charge < -0.3 is 13.8 Å². The number of anilines is 1. The number of halogens is 4. The SMILES string of the molecule is COP(=O)(OC)[C@@H](OC(=O)Nc1ccc(C)c(Cl)c1)C(Cl)(Cl)Cl. The fourth-order valence-corrected chi connectivity index (χ4v) is 4.00. The van der Waals surface area contributed by atoms with Crippen LogP contribution < -0.4 is 5.32 Å². The second kappa shape index (κ2) is 8.26. The van der Waals surface area contributed by atoms with Gasteiger partial charge in [0, 0.05) is 24.9 Å². The van der Waals surface area contributed by atoms with Crippen molar-refractivity contribution in [1.82, 2.24) is 0 Å². The Labute approximate surface area is 153 Å². The molecule has 0 aliphatic rings. The zero-order valence-electron chi connectivity index (χ0n) is 12.3. The van der Waals surface area contributed by atoms with Crippen LogP contribution in [0.1, 0.15) is 5.56 Å². The molecule has 1 aromatic rings. The summed E-state index contributed by atoms with van der Waals surface area (Å²) in [5, 5.41) is 2.82. The maximum atomic E-state index is 12.4. The molecular weight excluding hydrogens is 411 g/mol. The molecule has 0 saturated carbocycles. The Kier molecular flexibility index (Phi) is 7.48. The number of nitrogens with one attached hydrogen (secondary N) is 1. The first kappa shape index (κ1) is 20.8. The van der Waals surface area contributed by atoms with Gasteiger partial charge in [0.2, 0.25) is 3.79 Å². The van der Waals surface area contributed by atoms with Gasteiger partial charge in [-0.1, -0.05) is 52.5 Å². The van der Waals surface area contributed by atoms with Crippen LogP contribution >= 0.6 is 54.0 Å². The van der Waals surface area contributed by atoms with Crippen LogP contribution in [-0.2, 0) is 18.3 Å². The van der Waals surface area contributed by atoms with E-state index in [2.05, 4.69) is 5.32 Å². The Morgan fingerprint density at radius 3 is 2.26 bits per heavy atom. The van der Waals surface area contributed by atoms with Crippen molar-refractivity contribution in [2.75, 3.05) is 19.5 Å². The molecule has 1 atom stereocenters. The molecule has 6 nitrogen and oxygen atoms in total. The summed E-state index contributed by atoms with van der Waals surface area (Å²) in [5.41, 5.74) is 1.17. The zero-order chi connectivity index (χ0) is 17.8. The van der Waals surface area contributed by atoms with E-state index in [-0.39, 0.29) is 0 Å². The molecule has 130 valence electrons. The fourth-order valence-electron chi connectivity index (χ4n) is 1.50. The summed E-state index contributed by atoms with van der Waals surface area (Å²) in [4.78, 5) is 12.0. The molecule has 0 aliphatic carbocycles. The fraction of sp³-hybridized carbons (Fsp3) is 0.417. The molecule has 0 spiro atoms. The van der Waals surface area contributed by atoms with Gasteiger partial charge in [-0.25, -0.2) is 4.79 Å². The van der Waals surface area contributed by atoms with E-state index in [9.17, 15) is 9.36 Å². The lowest BCUT2D eigenvalue weighted by molar-refractivity contribution is 0.124. The third-order valence-electron chi connectivity index (χ3n) is 2.71. The molecule has 0 radical (unpaired) electrons. The smallest absolute Gasteiger partial charge is 0.412 e. The van der Waals surface area contributed by atoms with Crippen LogP contribution in [0, 0.1) is 6.92 Å². The summed E-state index contributed by atoms with van der Waals surface area (Å²) in [6.45, 7) is 1.80. The summed E-state index contributed by atoms with van der Waals surface area (Å²) in [6.07, 6.45) is -1.02. The molecule has 1 aromatic carbocycles. The third-order valence-corrected chi connectivity index (χ3v) is 6.26. The van der Waals surface area contributed by atoms with Crippen molar-refractivity contribution in [3.63, 3.8) is 0 Å². The van der Waals surface area contributed by atoms with Gasteiger partial charge in [0.15, 0.2) is 0 Å². The van der Waals surface area contributed by atoms with Gasteiger partial charge in [0.1, 0.15) is 0 Å². The first-order valence-electron chi connectivity index (χ1n) is 6.05. The molecule has 1 N–H and O–H groups in total. The van der Waals surface area contributed by atoms with Gasteiger partial charge in [0.25, 0.3) is 5.85 Å². The van der Waals surface area contributed by atoms with Crippen molar-refractivity contribution in [2.24, 2.45) is 0 Å². The average Bonchev–Trinajstić information content (AvgIpc) is 2.47. The molecule has 0 saturated heterocycles. The molecule has 11 heteroatoms. The molecule has 23 heavy (non-hydrogen) atoms. The number of hydrogen-bond acceptors (Lipinski definition) is 5. The second-order valence-electron chi connectivity index (χ2n) is 4.29. The van der Waals surface area contributed by atoms with E-state index in [0.29, 0.717) is 10.7 Å². The summed E-state index contributed by atoms with van der Waals surface area (Å²) in [6, 6.07) is 4.80. The number of carbonyl (C=O) groups is 1. The van der Waals surface area contributed by atoms with Crippen LogP contribution in [-0.4, -0.2) is 30.0 Å². The normalized spacial score (nSPS) is 13.5. The maximum absolute atomic E-state index is 12.4. The second-order valence-corrected chi connectivity index (χ2v) is 9.35. The standard InChI is InChI=1S/C12H14Cl4NO5P/c1-7-4-5-8(6-9(7)13)17-11(18)22-10(12(14,15)16)23(19,20-2)21-3/h4-6,10H,1-3H3,(H,17,18)/t10-/m1/s1. The number of ether oxygens (including phenoxy) is 1. The highest BCUT2D eigenvalue weighted by molar-refractivity contribution is 7.55. The third kappa shape index (κ3) is 5.68. The molecule has 0 aliphatic heterocycles. The van der Waals surface area contributed by atoms with Crippen LogP contribution in [0.3, 0.4) is 0 Å². The topological polar surface area (TPSA) is 73.9 Å². The summed E-state index contributed by atoms with van der Waals surface area (Å²) in [5.74, 6) is -1.77. The van der Waals surface area contributed by atoms with Crippen LogP contribution in [0.25, 0.3) is 0 Å². The van der Waals surface area contributed by atoms with Crippen molar-refractivity contribution < 1.29 is 23.1 Å². The van der Waals surface area contributed by atoms with Crippen LogP contribution in [0.4, 0.5) is 10.5 Å². The Hall–Kier alpha value is -0.200. The van der Waals surface area contributed by atoms with Crippen molar-refractivity contribution in [3.05, 3.63) is 28.8 Å². The van der Waals surface area contributed by atoms with Gasteiger partial charge in [-0.05, 0) is 24.6 Å². The van der Waals surface area contributed by atoms with Gasteiger partial charge >= 0.3 is 13.7 Å². The number of rotatable bonds is 5. The molecule has 0 unspecified atom stereocenters. The Morgan fingerprint density at radius 2 is 1.83 bits per heavy atom. The lowest BCUT2D eigenvalue weighted by Gasteiger charge is -2.28. The van der Waals surface area contributed by atoms with E-state index in [4.69, 9.17) is 60.2 Å². The van der Waals surface area contributed by atoms with Crippen LogP contribution in [0.5, 0.6) is 0 Å². The van der Waals surface area contributed by atoms with Crippen molar-refractivity contribution in [3.8, 4) is 0 Å². The summed E-state index contributed by atoms with van der Waals surface area (Å²) in [7, 11) is -1.84. The van der Waals surface area contributed by atoms with E-state index in [1.54, 1.807) is 19.1 Å². The minimum absolute atomic E-state index is 0.346. The Bertz CT molecular complexity index is 614. The number of carbonyl (C=O) groups excluding carboxylic acids is 1.